The molecule has 0 spiro atoms. The number of carbonyl (C=O) groups excluding carboxylic acids is 1. The van der Waals surface area contributed by atoms with E-state index < -0.39 is 24.4 Å². The fourth-order valence-corrected chi connectivity index (χ4v) is 4.39. The number of anilines is 1. The lowest BCUT2D eigenvalue weighted by Crippen LogP contribution is -2.42. The van der Waals surface area contributed by atoms with Gasteiger partial charge in [0, 0.05) is 23.2 Å². The highest BCUT2D eigenvalue weighted by Gasteiger charge is 2.50. The molecule has 3 heterocycles. The van der Waals surface area contributed by atoms with Crippen LogP contribution in [0.25, 0.3) is 17.3 Å². The first-order valence-corrected chi connectivity index (χ1v) is 10.8. The molecule has 0 bridgehead atoms. The van der Waals surface area contributed by atoms with Crippen LogP contribution in [0.15, 0.2) is 54.7 Å². The molecule has 0 saturated carbocycles. The van der Waals surface area contributed by atoms with Crippen molar-refractivity contribution >= 4 is 23.2 Å². The van der Waals surface area contributed by atoms with E-state index >= 15 is 0 Å². The molecule has 1 saturated heterocycles. The highest BCUT2D eigenvalue weighted by atomic mass is 19.3. The summed E-state index contributed by atoms with van der Waals surface area (Å²) in [7, 11) is 3.17. The zero-order valence-electron chi connectivity index (χ0n) is 18.7. The molecular weight excluding hydrogens is 445 g/mol. The Morgan fingerprint density at radius 1 is 1.12 bits per heavy atom. The Labute approximate surface area is 194 Å². The number of para-hydroxylation sites is 1. The number of rotatable bonds is 4. The molecule has 5 rings (SSSR count). The first-order valence-electron chi connectivity index (χ1n) is 10.8. The molecule has 2 aliphatic rings. The van der Waals surface area contributed by atoms with Crippen molar-refractivity contribution in [3.63, 3.8) is 0 Å². The van der Waals surface area contributed by atoms with Gasteiger partial charge in [-0.05, 0) is 50.5 Å². The first-order chi connectivity index (χ1) is 16.2. The lowest BCUT2D eigenvalue weighted by atomic mass is 10.0. The molecular formula is C24H23F3N6O. The van der Waals surface area contributed by atoms with Gasteiger partial charge in [-0.15, -0.1) is 5.10 Å². The van der Waals surface area contributed by atoms with Crippen LogP contribution in [0.3, 0.4) is 0 Å². The lowest BCUT2D eigenvalue weighted by Gasteiger charge is -2.23. The van der Waals surface area contributed by atoms with Crippen LogP contribution in [-0.2, 0) is 0 Å². The van der Waals surface area contributed by atoms with Gasteiger partial charge in [-0.2, -0.15) is 0 Å². The van der Waals surface area contributed by atoms with E-state index in [-0.39, 0.29) is 13.1 Å². The number of hydrogen-bond donors (Lipinski definition) is 0. The summed E-state index contributed by atoms with van der Waals surface area (Å²) in [6, 6.07) is 12.7. The van der Waals surface area contributed by atoms with E-state index in [0.717, 1.165) is 5.56 Å². The largest absolute Gasteiger partial charge is 0.331 e. The zero-order valence-corrected chi connectivity index (χ0v) is 18.7. The second-order valence-electron chi connectivity index (χ2n) is 8.77. The lowest BCUT2D eigenvalue weighted by molar-refractivity contribution is -0.0374. The van der Waals surface area contributed by atoms with Crippen LogP contribution < -0.4 is 5.12 Å². The van der Waals surface area contributed by atoms with E-state index in [2.05, 4.69) is 10.3 Å². The number of amides is 1. The van der Waals surface area contributed by atoms with Gasteiger partial charge in [0.15, 0.2) is 0 Å². The number of benzene rings is 2. The third-order valence-electron chi connectivity index (χ3n) is 6.23. The van der Waals surface area contributed by atoms with Gasteiger partial charge < -0.3 is 4.90 Å². The Morgan fingerprint density at radius 3 is 2.56 bits per heavy atom. The molecule has 34 heavy (non-hydrogen) atoms. The van der Waals surface area contributed by atoms with Crippen molar-refractivity contribution in [2.24, 2.45) is 0 Å². The summed E-state index contributed by atoms with van der Waals surface area (Å²) in [5.41, 5.74) is 3.44. The van der Waals surface area contributed by atoms with Crippen LogP contribution in [0.5, 0.6) is 0 Å². The number of alkyl halides is 2. The summed E-state index contributed by atoms with van der Waals surface area (Å²) in [4.78, 5) is 15.4. The summed E-state index contributed by atoms with van der Waals surface area (Å²) < 4.78 is 44.5. The third kappa shape index (κ3) is 3.94. The highest BCUT2D eigenvalue weighted by Crippen LogP contribution is 2.33. The summed E-state index contributed by atoms with van der Waals surface area (Å²) >= 11 is 0. The molecule has 3 aromatic rings. The minimum absolute atomic E-state index is 0.0309. The predicted octanol–water partition coefficient (Wildman–Crippen LogP) is 3.53. The molecule has 0 N–H and O–H groups in total. The molecule has 176 valence electrons. The molecule has 1 atom stereocenters. The fourth-order valence-electron chi connectivity index (χ4n) is 4.39. The number of likely N-dealkylation sites (tertiary alicyclic amines) is 1. The van der Waals surface area contributed by atoms with Crippen molar-refractivity contribution in [2.45, 2.75) is 12.0 Å². The van der Waals surface area contributed by atoms with Crippen molar-refractivity contribution in [1.29, 1.82) is 0 Å². The van der Waals surface area contributed by atoms with Gasteiger partial charge in [0.2, 0.25) is 0 Å². The predicted molar refractivity (Wildman–Crippen MR) is 122 cm³/mol. The average molecular weight is 468 g/mol. The zero-order chi connectivity index (χ0) is 24.0. The summed E-state index contributed by atoms with van der Waals surface area (Å²) in [5, 5.41) is 8.97. The number of aromatic nitrogens is 3. The molecule has 1 aromatic heterocycles. The quantitative estimate of drug-likeness (QED) is 0.549. The van der Waals surface area contributed by atoms with Gasteiger partial charge >= 0.3 is 0 Å². The van der Waals surface area contributed by atoms with Crippen molar-refractivity contribution in [1.82, 2.24) is 24.8 Å². The van der Waals surface area contributed by atoms with E-state index in [9.17, 15) is 18.1 Å². The Balaban J connectivity index is 1.33. The van der Waals surface area contributed by atoms with Gasteiger partial charge in [-0.3, -0.25) is 9.69 Å². The molecule has 1 fully saturated rings. The number of likely N-dealkylation sites (N-methyl/N-ethyl adjacent to an activating group) is 1. The van der Waals surface area contributed by atoms with Crippen LogP contribution in [0.2, 0.25) is 0 Å². The number of fused-ring (bicyclic) bond motifs is 1. The maximum atomic E-state index is 14.5. The highest BCUT2D eigenvalue weighted by molar-refractivity contribution is 5.94. The summed E-state index contributed by atoms with van der Waals surface area (Å²) in [5.74, 6) is -3.40. The Bertz CT molecular complexity index is 1250. The molecule has 2 aliphatic heterocycles. The Morgan fingerprint density at radius 2 is 1.85 bits per heavy atom. The van der Waals surface area contributed by atoms with Crippen LogP contribution >= 0.6 is 0 Å². The monoisotopic (exact) mass is 468 g/mol. The molecule has 0 aliphatic carbocycles. The molecule has 0 radical (unpaired) electrons. The maximum absolute atomic E-state index is 14.5. The number of hydrogen-bond acceptors (Lipinski definition) is 5. The molecule has 1 unspecified atom stereocenters. The minimum atomic E-state index is -2.96. The van der Waals surface area contributed by atoms with Gasteiger partial charge in [-0.1, -0.05) is 27.9 Å². The van der Waals surface area contributed by atoms with E-state index in [0.29, 0.717) is 33.3 Å². The van der Waals surface area contributed by atoms with Crippen molar-refractivity contribution < 1.29 is 18.1 Å². The van der Waals surface area contributed by atoms with E-state index in [1.54, 1.807) is 56.7 Å². The van der Waals surface area contributed by atoms with E-state index in [1.165, 1.54) is 14.5 Å². The molecule has 1 amide bonds. The van der Waals surface area contributed by atoms with Crippen LogP contribution in [0.1, 0.15) is 21.6 Å². The van der Waals surface area contributed by atoms with Crippen molar-refractivity contribution in [3.8, 4) is 5.69 Å². The maximum Gasteiger partial charge on any atom is 0.282 e. The third-order valence-corrected chi connectivity index (χ3v) is 6.23. The smallest absolute Gasteiger partial charge is 0.282 e. The van der Waals surface area contributed by atoms with Crippen molar-refractivity contribution in [2.75, 3.05) is 38.9 Å². The second-order valence-corrected chi connectivity index (χ2v) is 8.77. The number of carbonyl (C=O) groups is 1. The summed E-state index contributed by atoms with van der Waals surface area (Å²) in [6.07, 6.45) is 3.57. The standard InChI is InChI=1S/C24H23F3N6O/c1-30(2)22-14-31(15-24(22,25)26)23(34)16-7-9-19(10-8-16)33-13-20(28-29-33)18-11-17-5-3-4-6-21(17)32(27)12-18/h3-11,13,22H,12,14-15H2,1-2H3. The summed E-state index contributed by atoms with van der Waals surface area (Å²) in [6.45, 7) is -0.582. The number of halogens is 3. The minimum Gasteiger partial charge on any atom is -0.331 e. The Hall–Kier alpha value is -3.66. The Kier molecular flexibility index (Phi) is 5.40. The van der Waals surface area contributed by atoms with Gasteiger partial charge in [0.1, 0.15) is 5.69 Å². The van der Waals surface area contributed by atoms with Crippen LogP contribution in [-0.4, -0.2) is 76.4 Å². The first kappa shape index (κ1) is 22.1. The fraction of sp³-hybridized carbons (Fsp3) is 0.292. The van der Waals surface area contributed by atoms with Gasteiger partial charge in [-0.25, -0.2) is 18.6 Å². The van der Waals surface area contributed by atoms with Gasteiger partial charge in [0.25, 0.3) is 11.8 Å². The molecule has 2 aromatic carbocycles. The van der Waals surface area contributed by atoms with Crippen molar-refractivity contribution in [3.05, 3.63) is 71.5 Å². The van der Waals surface area contributed by atoms with Gasteiger partial charge in [0.05, 0.1) is 36.7 Å². The van der Waals surface area contributed by atoms with Crippen LogP contribution in [0, 0.1) is 0 Å². The topological polar surface area (TPSA) is 57.5 Å². The van der Waals surface area contributed by atoms with E-state index in [1.807, 2.05) is 18.2 Å². The second kappa shape index (κ2) is 8.28. The normalized spacial score (nSPS) is 19.4. The SMILES string of the molecule is CN(C)C1CN(C(=O)c2ccc(-n3cc(C4=Cc5ccccc5N(F)C4)nn3)cc2)CC1(F)F. The van der Waals surface area contributed by atoms with Crippen LogP contribution in [0.4, 0.5) is 18.9 Å². The van der Waals surface area contributed by atoms with E-state index in [4.69, 9.17) is 0 Å². The average Bonchev–Trinajstić information content (AvgIpc) is 3.43. The molecule has 10 heteroatoms. The molecule has 7 nitrogen and oxygen atoms in total. The number of nitrogens with zero attached hydrogens (tertiary/aromatic N) is 6.